The van der Waals surface area contributed by atoms with Crippen molar-refractivity contribution >= 4 is 17.6 Å². The smallest absolute Gasteiger partial charge is 0.341 e. The quantitative estimate of drug-likeness (QED) is 0.745. The zero-order valence-corrected chi connectivity index (χ0v) is 7.84. The van der Waals surface area contributed by atoms with Crippen LogP contribution in [0.2, 0.25) is 5.02 Å². The Morgan fingerprint density at radius 2 is 2.31 bits per heavy atom. The summed E-state index contributed by atoms with van der Waals surface area (Å²) in [6, 6.07) is 4.53. The van der Waals surface area contributed by atoms with Gasteiger partial charge >= 0.3 is 5.97 Å². The molecule has 1 aromatic rings. The molecule has 0 spiro atoms. The van der Waals surface area contributed by atoms with Crippen LogP contribution in [0.3, 0.4) is 0 Å². The molecule has 0 heterocycles. The lowest BCUT2D eigenvalue weighted by molar-refractivity contribution is 0.0523. The van der Waals surface area contributed by atoms with Gasteiger partial charge in [0.25, 0.3) is 0 Å². The van der Waals surface area contributed by atoms with Gasteiger partial charge in [-0.2, -0.15) is 0 Å². The second kappa shape index (κ2) is 4.14. The molecule has 0 amide bonds. The van der Waals surface area contributed by atoms with Crippen LogP contribution in [0.5, 0.6) is 5.75 Å². The number of hydrogen-bond donors (Lipinski definition) is 1. The van der Waals surface area contributed by atoms with Gasteiger partial charge in [0.05, 0.1) is 11.6 Å². The zero-order valence-electron chi connectivity index (χ0n) is 7.08. The Hall–Kier alpha value is -1.22. The minimum atomic E-state index is -0.567. The van der Waals surface area contributed by atoms with E-state index in [1.165, 1.54) is 12.1 Å². The number of benzene rings is 1. The molecule has 0 atom stereocenters. The first-order valence-electron chi connectivity index (χ1n) is 3.81. The highest BCUT2D eigenvalue weighted by Gasteiger charge is 2.13. The molecule has 0 saturated carbocycles. The average Bonchev–Trinajstić information content (AvgIpc) is 2.10. The molecule has 0 aliphatic heterocycles. The molecule has 70 valence electrons. The van der Waals surface area contributed by atoms with E-state index in [-0.39, 0.29) is 22.9 Å². The third kappa shape index (κ3) is 2.12. The largest absolute Gasteiger partial charge is 0.505 e. The third-order valence-corrected chi connectivity index (χ3v) is 1.79. The maximum absolute atomic E-state index is 11.2. The molecule has 0 radical (unpaired) electrons. The predicted molar refractivity (Wildman–Crippen MR) is 49.1 cm³/mol. The highest BCUT2D eigenvalue weighted by molar-refractivity contribution is 6.32. The fourth-order valence-corrected chi connectivity index (χ4v) is 1.06. The van der Waals surface area contributed by atoms with Gasteiger partial charge in [0.2, 0.25) is 0 Å². The van der Waals surface area contributed by atoms with Gasteiger partial charge in [0, 0.05) is 0 Å². The van der Waals surface area contributed by atoms with Crippen LogP contribution >= 0.6 is 11.6 Å². The van der Waals surface area contributed by atoms with Crippen LogP contribution in [0.1, 0.15) is 17.3 Å². The first-order chi connectivity index (χ1) is 6.16. The number of esters is 1. The van der Waals surface area contributed by atoms with E-state index in [0.717, 1.165) is 0 Å². The normalized spacial score (nSPS) is 9.69. The molecule has 0 saturated heterocycles. The van der Waals surface area contributed by atoms with E-state index < -0.39 is 5.97 Å². The van der Waals surface area contributed by atoms with Crippen LogP contribution in [-0.4, -0.2) is 17.7 Å². The molecule has 1 aromatic carbocycles. The monoisotopic (exact) mass is 200 g/mol. The van der Waals surface area contributed by atoms with Crippen molar-refractivity contribution in [3.05, 3.63) is 28.8 Å². The van der Waals surface area contributed by atoms with E-state index in [4.69, 9.17) is 16.3 Å². The number of halogens is 1. The van der Waals surface area contributed by atoms with E-state index in [9.17, 15) is 9.90 Å². The van der Waals surface area contributed by atoms with Crippen molar-refractivity contribution in [3.63, 3.8) is 0 Å². The van der Waals surface area contributed by atoms with E-state index in [2.05, 4.69) is 0 Å². The Morgan fingerprint density at radius 3 is 2.92 bits per heavy atom. The van der Waals surface area contributed by atoms with Crippen LogP contribution in [0.15, 0.2) is 18.2 Å². The standard InChI is InChI=1S/C9H9ClO3/c1-2-13-9(12)6-4-3-5-7(10)8(6)11/h3-5,11H,2H2,1H3. The Morgan fingerprint density at radius 1 is 1.62 bits per heavy atom. The second-order valence-electron chi connectivity index (χ2n) is 2.36. The summed E-state index contributed by atoms with van der Waals surface area (Å²) in [7, 11) is 0. The first kappa shape index (κ1) is 9.86. The van der Waals surface area contributed by atoms with Crippen molar-refractivity contribution < 1.29 is 14.6 Å². The van der Waals surface area contributed by atoms with Gasteiger partial charge in [-0.3, -0.25) is 0 Å². The Balaban J connectivity index is 3.01. The van der Waals surface area contributed by atoms with E-state index in [1.54, 1.807) is 13.0 Å². The summed E-state index contributed by atoms with van der Waals surface area (Å²) in [5.41, 5.74) is 0.0920. The van der Waals surface area contributed by atoms with Crippen molar-refractivity contribution in [1.82, 2.24) is 0 Å². The van der Waals surface area contributed by atoms with Gasteiger partial charge in [-0.1, -0.05) is 17.7 Å². The Kier molecular flexibility index (Phi) is 3.14. The molecule has 0 bridgehead atoms. The molecule has 0 aliphatic carbocycles. The molecule has 1 N–H and O–H groups in total. The predicted octanol–water partition coefficient (Wildman–Crippen LogP) is 2.22. The summed E-state index contributed by atoms with van der Waals surface area (Å²) < 4.78 is 4.71. The van der Waals surface area contributed by atoms with Gasteiger partial charge in [0.15, 0.2) is 0 Å². The molecule has 0 aromatic heterocycles. The van der Waals surface area contributed by atoms with Crippen LogP contribution < -0.4 is 0 Å². The van der Waals surface area contributed by atoms with Gasteiger partial charge in [-0.15, -0.1) is 0 Å². The van der Waals surface area contributed by atoms with Crippen LogP contribution in [0.4, 0.5) is 0 Å². The first-order valence-corrected chi connectivity index (χ1v) is 4.19. The second-order valence-corrected chi connectivity index (χ2v) is 2.76. The molecule has 0 unspecified atom stereocenters. The molecule has 4 heteroatoms. The van der Waals surface area contributed by atoms with Crippen molar-refractivity contribution in [3.8, 4) is 5.75 Å². The van der Waals surface area contributed by atoms with Crippen molar-refractivity contribution in [2.24, 2.45) is 0 Å². The third-order valence-electron chi connectivity index (χ3n) is 1.48. The lowest BCUT2D eigenvalue weighted by Gasteiger charge is -2.04. The van der Waals surface area contributed by atoms with Crippen molar-refractivity contribution in [1.29, 1.82) is 0 Å². The minimum absolute atomic E-state index is 0.0920. The summed E-state index contributed by atoms with van der Waals surface area (Å²) in [6.45, 7) is 1.96. The maximum Gasteiger partial charge on any atom is 0.341 e. The lowest BCUT2D eigenvalue weighted by Crippen LogP contribution is -2.04. The number of rotatable bonds is 2. The summed E-state index contributed by atoms with van der Waals surface area (Å²) in [6.07, 6.45) is 0. The molecule has 13 heavy (non-hydrogen) atoms. The highest BCUT2D eigenvalue weighted by Crippen LogP contribution is 2.27. The summed E-state index contributed by atoms with van der Waals surface area (Å²) in [4.78, 5) is 11.2. The topological polar surface area (TPSA) is 46.5 Å². The van der Waals surface area contributed by atoms with Gasteiger partial charge < -0.3 is 9.84 Å². The minimum Gasteiger partial charge on any atom is -0.505 e. The number of hydrogen-bond acceptors (Lipinski definition) is 3. The van der Waals surface area contributed by atoms with E-state index in [1.807, 2.05) is 0 Å². The van der Waals surface area contributed by atoms with Crippen LogP contribution in [0, 0.1) is 0 Å². The summed E-state index contributed by atoms with van der Waals surface area (Å²) in [5, 5.41) is 9.51. The molecule has 0 aliphatic rings. The number of phenols is 1. The number of carbonyl (C=O) groups excluding carboxylic acids is 1. The summed E-state index contributed by atoms with van der Waals surface area (Å²) in [5.74, 6) is -0.801. The molecule has 3 nitrogen and oxygen atoms in total. The van der Waals surface area contributed by atoms with Gasteiger partial charge in [-0.25, -0.2) is 4.79 Å². The van der Waals surface area contributed by atoms with Crippen LogP contribution in [-0.2, 0) is 4.74 Å². The Labute approximate surface area is 80.9 Å². The number of phenolic OH excluding ortho intramolecular Hbond substituents is 1. The lowest BCUT2D eigenvalue weighted by atomic mass is 10.2. The van der Waals surface area contributed by atoms with E-state index in [0.29, 0.717) is 0 Å². The number of ether oxygens (including phenoxy) is 1. The number of aromatic hydroxyl groups is 1. The summed E-state index contributed by atoms with van der Waals surface area (Å²) >= 11 is 5.60. The zero-order chi connectivity index (χ0) is 9.84. The van der Waals surface area contributed by atoms with Gasteiger partial charge in [0.1, 0.15) is 11.3 Å². The number of para-hydroxylation sites is 1. The fourth-order valence-electron chi connectivity index (χ4n) is 0.889. The SMILES string of the molecule is CCOC(=O)c1cccc(Cl)c1O. The highest BCUT2D eigenvalue weighted by atomic mass is 35.5. The van der Waals surface area contributed by atoms with Gasteiger partial charge in [-0.05, 0) is 19.1 Å². The molecular formula is C9H9ClO3. The molecule has 1 rings (SSSR count). The van der Waals surface area contributed by atoms with Crippen molar-refractivity contribution in [2.45, 2.75) is 6.92 Å². The average molecular weight is 201 g/mol. The Bertz CT molecular complexity index is 323. The fraction of sp³-hybridized carbons (Fsp3) is 0.222. The van der Waals surface area contributed by atoms with Crippen molar-refractivity contribution in [2.75, 3.05) is 6.61 Å². The molecular weight excluding hydrogens is 192 g/mol. The maximum atomic E-state index is 11.2. The van der Waals surface area contributed by atoms with Crippen LogP contribution in [0.25, 0.3) is 0 Å². The van der Waals surface area contributed by atoms with E-state index >= 15 is 0 Å². The number of carbonyl (C=O) groups is 1. The molecule has 0 fully saturated rings.